The van der Waals surface area contributed by atoms with E-state index in [2.05, 4.69) is 5.32 Å². The number of amides is 1. The Balaban J connectivity index is 1.84. The smallest absolute Gasteiger partial charge is 0.258 e. The summed E-state index contributed by atoms with van der Waals surface area (Å²) >= 11 is 0. The second kappa shape index (κ2) is 8.67. The van der Waals surface area contributed by atoms with E-state index < -0.39 is 0 Å². The molecule has 128 valence electrons. The Kier molecular flexibility index (Phi) is 6.31. The van der Waals surface area contributed by atoms with Crippen LogP contribution in [-0.4, -0.2) is 33.8 Å². The van der Waals surface area contributed by atoms with Gasteiger partial charge in [-0.2, -0.15) is 0 Å². The Morgan fingerprint density at radius 1 is 0.917 bits per heavy atom. The fraction of sp³-hybridized carbons (Fsp3) is 0.278. The van der Waals surface area contributed by atoms with E-state index in [4.69, 9.17) is 18.9 Å². The van der Waals surface area contributed by atoms with Gasteiger partial charge in [0, 0.05) is 12.6 Å². The molecule has 0 fully saturated rings. The van der Waals surface area contributed by atoms with E-state index in [9.17, 15) is 4.79 Å². The van der Waals surface area contributed by atoms with E-state index in [1.165, 1.54) is 0 Å². The lowest BCUT2D eigenvalue weighted by Gasteiger charge is -2.11. The monoisotopic (exact) mass is 331 g/mol. The summed E-state index contributed by atoms with van der Waals surface area (Å²) in [5, 5.41) is 2.80. The summed E-state index contributed by atoms with van der Waals surface area (Å²) in [5.74, 6) is 2.31. The van der Waals surface area contributed by atoms with Crippen LogP contribution in [0.1, 0.15) is 5.56 Å². The van der Waals surface area contributed by atoms with Crippen molar-refractivity contribution in [1.82, 2.24) is 5.32 Å². The zero-order chi connectivity index (χ0) is 17.4. The fourth-order valence-corrected chi connectivity index (χ4v) is 2.08. The van der Waals surface area contributed by atoms with Crippen molar-refractivity contribution < 1.29 is 23.7 Å². The molecule has 6 heteroatoms. The molecule has 0 heterocycles. The maximum Gasteiger partial charge on any atom is 0.258 e. The molecule has 1 N–H and O–H groups in total. The van der Waals surface area contributed by atoms with Crippen LogP contribution in [0, 0.1) is 0 Å². The summed E-state index contributed by atoms with van der Waals surface area (Å²) in [4.78, 5) is 11.9. The minimum atomic E-state index is -0.215. The molecule has 0 radical (unpaired) electrons. The van der Waals surface area contributed by atoms with E-state index in [1.54, 1.807) is 45.6 Å². The average Bonchev–Trinajstić information content (AvgIpc) is 2.64. The van der Waals surface area contributed by atoms with Gasteiger partial charge in [0.25, 0.3) is 5.91 Å². The molecule has 1 amide bonds. The lowest BCUT2D eigenvalue weighted by Crippen LogP contribution is -2.28. The molecule has 2 rings (SSSR count). The first-order valence-electron chi connectivity index (χ1n) is 7.40. The van der Waals surface area contributed by atoms with Crippen LogP contribution in [0.3, 0.4) is 0 Å². The van der Waals surface area contributed by atoms with E-state index >= 15 is 0 Å². The number of hydrogen-bond donors (Lipinski definition) is 1. The van der Waals surface area contributed by atoms with E-state index in [1.807, 2.05) is 18.2 Å². The third kappa shape index (κ3) is 4.81. The Morgan fingerprint density at radius 2 is 1.67 bits per heavy atom. The quantitative estimate of drug-likeness (QED) is 0.805. The minimum Gasteiger partial charge on any atom is -0.497 e. The van der Waals surface area contributed by atoms with Crippen molar-refractivity contribution in [1.29, 1.82) is 0 Å². The summed E-state index contributed by atoms with van der Waals surface area (Å²) in [7, 11) is 4.73. The van der Waals surface area contributed by atoms with Gasteiger partial charge in [0.2, 0.25) is 0 Å². The van der Waals surface area contributed by atoms with Gasteiger partial charge in [0.05, 0.1) is 21.3 Å². The fourth-order valence-electron chi connectivity index (χ4n) is 2.08. The molecule has 2 aromatic carbocycles. The number of carbonyl (C=O) groups excluding carboxylic acids is 1. The van der Waals surface area contributed by atoms with Crippen LogP contribution < -0.4 is 24.3 Å². The summed E-state index contributed by atoms with van der Waals surface area (Å²) in [5.41, 5.74) is 0.905. The van der Waals surface area contributed by atoms with Crippen LogP contribution in [0.25, 0.3) is 0 Å². The molecule has 24 heavy (non-hydrogen) atoms. The van der Waals surface area contributed by atoms with Gasteiger partial charge in [0.1, 0.15) is 11.5 Å². The zero-order valence-corrected chi connectivity index (χ0v) is 14.0. The molecule has 0 aliphatic rings. The molecule has 0 unspecified atom stereocenters. The lowest BCUT2D eigenvalue weighted by molar-refractivity contribution is -0.123. The van der Waals surface area contributed by atoms with Gasteiger partial charge in [-0.15, -0.1) is 0 Å². The van der Waals surface area contributed by atoms with Crippen molar-refractivity contribution in [3.63, 3.8) is 0 Å². The van der Waals surface area contributed by atoms with Gasteiger partial charge in [0.15, 0.2) is 18.1 Å². The third-order valence-electron chi connectivity index (χ3n) is 3.35. The van der Waals surface area contributed by atoms with Crippen LogP contribution in [0.5, 0.6) is 23.0 Å². The normalized spacial score (nSPS) is 9.96. The number of ether oxygens (including phenoxy) is 4. The highest BCUT2D eigenvalue weighted by Gasteiger charge is 2.07. The van der Waals surface area contributed by atoms with Crippen LogP contribution in [0.2, 0.25) is 0 Å². The molecule has 0 saturated carbocycles. The molecule has 0 spiro atoms. The SMILES string of the molecule is COc1cccc(OCC(=O)NCc2ccc(OC)c(OC)c2)c1. The molecule has 0 aliphatic heterocycles. The van der Waals surface area contributed by atoms with E-state index in [-0.39, 0.29) is 12.5 Å². The number of methoxy groups -OCH3 is 3. The first kappa shape index (κ1) is 17.5. The molecule has 0 bridgehead atoms. The number of benzene rings is 2. The van der Waals surface area contributed by atoms with E-state index in [0.29, 0.717) is 29.5 Å². The lowest BCUT2D eigenvalue weighted by atomic mass is 10.2. The van der Waals surface area contributed by atoms with Gasteiger partial charge < -0.3 is 24.3 Å². The number of hydrogen-bond acceptors (Lipinski definition) is 5. The van der Waals surface area contributed by atoms with Crippen molar-refractivity contribution in [3.8, 4) is 23.0 Å². The molecular weight excluding hydrogens is 310 g/mol. The van der Waals surface area contributed by atoms with Crippen molar-refractivity contribution >= 4 is 5.91 Å². The van der Waals surface area contributed by atoms with Crippen LogP contribution in [0.4, 0.5) is 0 Å². The maximum atomic E-state index is 11.9. The van der Waals surface area contributed by atoms with Gasteiger partial charge in [-0.25, -0.2) is 0 Å². The highest BCUT2D eigenvalue weighted by atomic mass is 16.5. The van der Waals surface area contributed by atoms with Gasteiger partial charge in [-0.1, -0.05) is 12.1 Å². The van der Waals surface area contributed by atoms with Gasteiger partial charge >= 0.3 is 0 Å². The molecule has 0 atom stereocenters. The summed E-state index contributed by atoms with van der Waals surface area (Å²) < 4.78 is 21.0. The average molecular weight is 331 g/mol. The Morgan fingerprint density at radius 3 is 2.38 bits per heavy atom. The first-order chi connectivity index (χ1) is 11.7. The second-order valence-electron chi connectivity index (χ2n) is 4.93. The van der Waals surface area contributed by atoms with E-state index in [0.717, 1.165) is 5.56 Å². The Bertz CT molecular complexity index is 687. The Hall–Kier alpha value is -2.89. The van der Waals surface area contributed by atoms with Crippen LogP contribution in [-0.2, 0) is 11.3 Å². The van der Waals surface area contributed by atoms with Crippen LogP contribution in [0.15, 0.2) is 42.5 Å². The number of rotatable bonds is 8. The topological polar surface area (TPSA) is 66.0 Å². The zero-order valence-electron chi connectivity index (χ0n) is 14.0. The summed E-state index contributed by atoms with van der Waals surface area (Å²) in [6.07, 6.45) is 0. The molecule has 2 aromatic rings. The predicted octanol–water partition coefficient (Wildman–Crippen LogP) is 2.41. The van der Waals surface area contributed by atoms with Gasteiger partial charge in [-0.05, 0) is 29.8 Å². The predicted molar refractivity (Wildman–Crippen MR) is 89.9 cm³/mol. The minimum absolute atomic E-state index is 0.0690. The third-order valence-corrected chi connectivity index (χ3v) is 3.35. The summed E-state index contributed by atoms with van der Waals surface area (Å²) in [6.45, 7) is 0.307. The highest BCUT2D eigenvalue weighted by Crippen LogP contribution is 2.27. The first-order valence-corrected chi connectivity index (χ1v) is 7.40. The number of carbonyl (C=O) groups is 1. The molecule has 0 aromatic heterocycles. The van der Waals surface area contributed by atoms with Crippen LogP contribution >= 0.6 is 0 Å². The second-order valence-corrected chi connectivity index (χ2v) is 4.93. The number of nitrogens with one attached hydrogen (secondary N) is 1. The van der Waals surface area contributed by atoms with Crippen molar-refractivity contribution in [2.24, 2.45) is 0 Å². The molecule has 6 nitrogen and oxygen atoms in total. The highest BCUT2D eigenvalue weighted by molar-refractivity contribution is 5.77. The standard InChI is InChI=1S/C18H21NO5/c1-21-14-5-4-6-15(10-14)24-12-18(20)19-11-13-7-8-16(22-2)17(9-13)23-3/h4-10H,11-12H2,1-3H3,(H,19,20). The van der Waals surface area contributed by atoms with Gasteiger partial charge in [-0.3, -0.25) is 4.79 Å². The molecule has 0 aliphatic carbocycles. The largest absolute Gasteiger partial charge is 0.497 e. The van der Waals surface area contributed by atoms with Crippen molar-refractivity contribution in [2.75, 3.05) is 27.9 Å². The van der Waals surface area contributed by atoms with Crippen molar-refractivity contribution in [2.45, 2.75) is 6.54 Å². The maximum absolute atomic E-state index is 11.9. The Labute approximate surface area is 141 Å². The molecular formula is C18H21NO5. The van der Waals surface area contributed by atoms with Crippen molar-refractivity contribution in [3.05, 3.63) is 48.0 Å². The molecule has 0 saturated heterocycles. The summed E-state index contributed by atoms with van der Waals surface area (Å²) in [6, 6.07) is 12.6.